The third-order valence-corrected chi connectivity index (χ3v) is 11.2. The number of aromatic nitrogens is 5. The van der Waals surface area contributed by atoms with E-state index in [0.29, 0.717) is 45.4 Å². The van der Waals surface area contributed by atoms with Crippen molar-refractivity contribution in [3.8, 4) is 39.8 Å². The molecule has 0 atom stereocenters. The van der Waals surface area contributed by atoms with Crippen LogP contribution in [-0.4, -0.2) is 59.2 Å². The van der Waals surface area contributed by atoms with Crippen molar-refractivity contribution in [3.63, 3.8) is 0 Å². The van der Waals surface area contributed by atoms with Gasteiger partial charge < -0.3 is 19.9 Å². The predicted octanol–water partition coefficient (Wildman–Crippen LogP) is 6.66. The van der Waals surface area contributed by atoms with E-state index in [1.54, 1.807) is 33.5 Å². The topological polar surface area (TPSA) is 148 Å². The molecule has 0 aliphatic carbocycles. The monoisotopic (exact) mass is 733 g/mol. The average Bonchev–Trinajstić information content (AvgIpc) is 3.80. The van der Waals surface area contributed by atoms with Crippen LogP contribution in [0.2, 0.25) is 0 Å². The number of para-hydroxylation sites is 1. The zero-order valence-corrected chi connectivity index (χ0v) is 30.3. The van der Waals surface area contributed by atoms with Crippen molar-refractivity contribution in [2.45, 2.75) is 24.5 Å². The molecule has 0 unspecified atom stereocenters. The molecule has 0 aliphatic rings. The third-order valence-electron chi connectivity index (χ3n) is 8.57. The van der Waals surface area contributed by atoms with E-state index >= 15 is 8.42 Å². The highest BCUT2D eigenvalue weighted by atomic mass is 32.2. The maximum absolute atomic E-state index is 15.1. The van der Waals surface area contributed by atoms with Crippen molar-refractivity contribution in [2.75, 3.05) is 27.1 Å². The summed E-state index contributed by atoms with van der Waals surface area (Å²) >= 11 is 1.36. The summed E-state index contributed by atoms with van der Waals surface area (Å²) in [6, 6.07) is 33.1. The van der Waals surface area contributed by atoms with Crippen LogP contribution >= 0.6 is 11.3 Å². The molecule has 2 heterocycles. The second-order valence-electron chi connectivity index (χ2n) is 11.8. The minimum atomic E-state index is -4.25. The molecule has 12 nitrogen and oxygen atoms in total. The fourth-order valence-electron chi connectivity index (χ4n) is 5.92. The first-order valence-corrected chi connectivity index (χ1v) is 18.5. The standard InChI is InChI=1S/C38H35N7O5S2/c1-48-28-16-10-25(11-17-28)22-44(23-26-12-18-29(49-2)19-13-26)52(46,47)34-9-5-6-31(32-7-4-8-33-36(32)40-38(39)51-33)35(34)37-41-43-45(42-37)24-27-14-20-30(50-3)21-15-27/h4-21H,22-24H2,1-3H3,(H2,39,40). The third kappa shape index (κ3) is 7.17. The maximum Gasteiger partial charge on any atom is 0.244 e. The molecule has 0 amide bonds. The Bertz CT molecular complexity index is 2380. The van der Waals surface area contributed by atoms with E-state index in [0.717, 1.165) is 27.1 Å². The Morgan fingerprint density at radius 2 is 1.25 bits per heavy atom. The lowest BCUT2D eigenvalue weighted by Gasteiger charge is -2.24. The van der Waals surface area contributed by atoms with Gasteiger partial charge in [-0.25, -0.2) is 13.4 Å². The predicted molar refractivity (Wildman–Crippen MR) is 201 cm³/mol. The van der Waals surface area contributed by atoms with E-state index in [-0.39, 0.29) is 23.8 Å². The van der Waals surface area contributed by atoms with Crippen LogP contribution in [0.4, 0.5) is 5.13 Å². The van der Waals surface area contributed by atoms with Gasteiger partial charge in [-0.2, -0.15) is 9.10 Å². The lowest BCUT2D eigenvalue weighted by molar-refractivity contribution is 0.398. The first-order valence-electron chi connectivity index (χ1n) is 16.2. The first-order chi connectivity index (χ1) is 25.2. The molecule has 7 rings (SSSR count). The van der Waals surface area contributed by atoms with Crippen molar-refractivity contribution >= 4 is 36.7 Å². The molecule has 5 aromatic carbocycles. The van der Waals surface area contributed by atoms with Crippen molar-refractivity contribution in [3.05, 3.63) is 126 Å². The molecule has 14 heteroatoms. The second-order valence-corrected chi connectivity index (χ2v) is 14.8. The number of methoxy groups -OCH3 is 3. The molecule has 264 valence electrons. The molecule has 0 spiro atoms. The lowest BCUT2D eigenvalue weighted by Crippen LogP contribution is -2.31. The summed E-state index contributed by atoms with van der Waals surface area (Å²) in [5.74, 6) is 2.22. The summed E-state index contributed by atoms with van der Waals surface area (Å²) in [6.45, 7) is 0.468. The van der Waals surface area contributed by atoms with Crippen molar-refractivity contribution in [1.29, 1.82) is 0 Å². The maximum atomic E-state index is 15.1. The fraction of sp³-hybridized carbons (Fsp3) is 0.158. The van der Waals surface area contributed by atoms with Gasteiger partial charge in [-0.1, -0.05) is 72.0 Å². The molecule has 0 fully saturated rings. The van der Waals surface area contributed by atoms with E-state index in [4.69, 9.17) is 25.0 Å². The number of anilines is 1. The van der Waals surface area contributed by atoms with E-state index in [1.165, 1.54) is 20.4 Å². The van der Waals surface area contributed by atoms with Crippen LogP contribution in [0.5, 0.6) is 17.2 Å². The molecule has 0 bridgehead atoms. The number of nitrogens with zero attached hydrogens (tertiary/aromatic N) is 6. The number of fused-ring (bicyclic) bond motifs is 1. The Hall–Kier alpha value is -5.83. The van der Waals surface area contributed by atoms with Crippen LogP contribution in [-0.2, 0) is 29.7 Å². The van der Waals surface area contributed by atoms with Crippen LogP contribution in [0, 0.1) is 0 Å². The van der Waals surface area contributed by atoms with Gasteiger partial charge >= 0.3 is 0 Å². The average molecular weight is 734 g/mol. The van der Waals surface area contributed by atoms with Gasteiger partial charge in [-0.05, 0) is 76.0 Å². The van der Waals surface area contributed by atoms with E-state index in [2.05, 4.69) is 15.3 Å². The zero-order valence-electron chi connectivity index (χ0n) is 28.6. The van der Waals surface area contributed by atoms with E-state index in [1.807, 2.05) is 97.1 Å². The zero-order chi connectivity index (χ0) is 36.2. The molecule has 0 saturated heterocycles. The molecule has 2 N–H and O–H groups in total. The van der Waals surface area contributed by atoms with Crippen LogP contribution in [0.1, 0.15) is 16.7 Å². The van der Waals surface area contributed by atoms with Crippen molar-refractivity contribution < 1.29 is 22.6 Å². The van der Waals surface area contributed by atoms with Gasteiger partial charge in [0.15, 0.2) is 5.13 Å². The number of nitrogens with two attached hydrogens (primary N) is 1. The summed E-state index contributed by atoms with van der Waals surface area (Å²) in [7, 11) is 0.542. The molecule has 2 aromatic heterocycles. The number of benzene rings is 5. The van der Waals surface area contributed by atoms with Gasteiger partial charge in [-0.15, -0.1) is 10.2 Å². The Morgan fingerprint density at radius 1 is 0.712 bits per heavy atom. The molecular weight excluding hydrogens is 699 g/mol. The Morgan fingerprint density at radius 3 is 1.83 bits per heavy atom. The van der Waals surface area contributed by atoms with Crippen molar-refractivity contribution in [1.82, 2.24) is 29.5 Å². The van der Waals surface area contributed by atoms with Crippen molar-refractivity contribution in [2.24, 2.45) is 0 Å². The smallest absolute Gasteiger partial charge is 0.244 e. The summed E-state index contributed by atoms with van der Waals surface area (Å²) < 4.78 is 48.6. The van der Waals surface area contributed by atoms with Gasteiger partial charge in [-0.3, -0.25) is 0 Å². The van der Waals surface area contributed by atoms with E-state index < -0.39 is 10.0 Å². The summed E-state index contributed by atoms with van der Waals surface area (Å²) in [6.07, 6.45) is 0. The Kier molecular flexibility index (Phi) is 9.85. The van der Waals surface area contributed by atoms with Gasteiger partial charge in [0.25, 0.3) is 0 Å². The number of ether oxygens (including phenoxy) is 3. The van der Waals surface area contributed by atoms with Crippen LogP contribution < -0.4 is 19.9 Å². The summed E-state index contributed by atoms with van der Waals surface area (Å²) in [5, 5.41) is 13.9. The number of rotatable bonds is 13. The second kappa shape index (κ2) is 14.8. The van der Waals surface area contributed by atoms with Crippen LogP contribution in [0.15, 0.2) is 114 Å². The SMILES string of the molecule is COc1ccc(CN(Cc2ccc(OC)cc2)S(=O)(=O)c2cccc(-c3cccc4sc(N)nc34)c2-c2nnn(Cc3ccc(OC)cc3)n2)cc1. The number of hydrogen-bond acceptors (Lipinski definition) is 11. The number of tetrazole rings is 1. The Balaban J connectivity index is 1.38. The molecular formula is C38H35N7O5S2. The highest BCUT2D eigenvalue weighted by Crippen LogP contribution is 2.41. The number of hydrogen-bond donors (Lipinski definition) is 1. The first kappa shape index (κ1) is 34.6. The highest BCUT2D eigenvalue weighted by Gasteiger charge is 2.32. The number of thiazole rings is 1. The van der Waals surface area contributed by atoms with Crippen LogP contribution in [0.3, 0.4) is 0 Å². The minimum Gasteiger partial charge on any atom is -0.497 e. The van der Waals surface area contributed by atoms with Gasteiger partial charge in [0, 0.05) is 18.7 Å². The number of sulfonamides is 1. The minimum absolute atomic E-state index is 0.0243. The van der Waals surface area contributed by atoms with Gasteiger partial charge in [0.2, 0.25) is 15.8 Å². The molecule has 0 aliphatic heterocycles. The molecule has 0 radical (unpaired) electrons. The summed E-state index contributed by atoms with van der Waals surface area (Å²) in [5.41, 5.74) is 10.9. The van der Waals surface area contributed by atoms with Gasteiger partial charge in [0.05, 0.1) is 48.5 Å². The molecule has 52 heavy (non-hydrogen) atoms. The Labute approximate surface area is 305 Å². The fourth-order valence-corrected chi connectivity index (χ4v) is 8.31. The largest absolute Gasteiger partial charge is 0.497 e. The lowest BCUT2D eigenvalue weighted by atomic mass is 9.98. The quantitative estimate of drug-likeness (QED) is 0.136. The molecule has 7 aromatic rings. The van der Waals surface area contributed by atoms with Crippen LogP contribution in [0.25, 0.3) is 32.7 Å². The van der Waals surface area contributed by atoms with Gasteiger partial charge in [0.1, 0.15) is 17.2 Å². The molecule has 0 saturated carbocycles. The van der Waals surface area contributed by atoms with E-state index in [9.17, 15) is 0 Å². The normalized spacial score (nSPS) is 11.6. The highest BCUT2D eigenvalue weighted by molar-refractivity contribution is 7.89. The number of nitrogen functional groups attached to an aromatic ring is 1. The summed E-state index contributed by atoms with van der Waals surface area (Å²) in [4.78, 5) is 6.08.